The van der Waals surface area contributed by atoms with Crippen LogP contribution in [0.2, 0.25) is 0 Å². The maximum absolute atomic E-state index is 4.58. The van der Waals surface area contributed by atoms with Gasteiger partial charge in [0.15, 0.2) is 0 Å². The van der Waals surface area contributed by atoms with E-state index >= 15 is 0 Å². The fraction of sp³-hybridized carbons (Fsp3) is 0.0833. The number of rotatable bonds is 1. The standard InChI is InChI=1S/C24H16N2/c1-2-8-15(9-3-1)24-23-20(14-25-26-24)21-16-10-4-6-12-18(16)22(23)19-13-7-5-11-17(19)21/h1-14,21-22H. The van der Waals surface area contributed by atoms with Gasteiger partial charge in [-0.15, -0.1) is 0 Å². The third-order valence-corrected chi connectivity index (χ3v) is 5.80. The first-order valence-electron chi connectivity index (χ1n) is 9.02. The summed E-state index contributed by atoms with van der Waals surface area (Å²) in [5.74, 6) is 0.480. The maximum atomic E-state index is 4.58. The van der Waals surface area contributed by atoms with E-state index in [0.717, 1.165) is 11.3 Å². The molecule has 4 aromatic rings. The van der Waals surface area contributed by atoms with Crippen LogP contribution in [-0.2, 0) is 0 Å². The van der Waals surface area contributed by atoms with E-state index in [0.29, 0.717) is 0 Å². The summed E-state index contributed by atoms with van der Waals surface area (Å²) in [5.41, 5.74) is 10.4. The van der Waals surface area contributed by atoms with Crippen molar-refractivity contribution in [2.24, 2.45) is 0 Å². The van der Waals surface area contributed by atoms with E-state index < -0.39 is 0 Å². The van der Waals surface area contributed by atoms with Crippen molar-refractivity contribution < 1.29 is 0 Å². The molecule has 1 aromatic heterocycles. The minimum absolute atomic E-state index is 0.230. The molecule has 0 amide bonds. The second-order valence-corrected chi connectivity index (χ2v) is 7.05. The lowest BCUT2D eigenvalue weighted by molar-refractivity contribution is 0.737. The molecule has 0 aliphatic heterocycles. The second-order valence-electron chi connectivity index (χ2n) is 7.05. The summed E-state index contributed by atoms with van der Waals surface area (Å²) in [4.78, 5) is 0. The summed E-state index contributed by atoms with van der Waals surface area (Å²) < 4.78 is 0. The van der Waals surface area contributed by atoms with Crippen LogP contribution in [-0.4, -0.2) is 10.2 Å². The van der Waals surface area contributed by atoms with Gasteiger partial charge in [0.1, 0.15) is 0 Å². The largest absolute Gasteiger partial charge is 0.158 e. The molecule has 0 saturated carbocycles. The molecule has 0 atom stereocenters. The van der Waals surface area contributed by atoms with Crippen molar-refractivity contribution in [1.29, 1.82) is 0 Å². The predicted octanol–water partition coefficient (Wildman–Crippen LogP) is 5.13. The van der Waals surface area contributed by atoms with Crippen LogP contribution >= 0.6 is 0 Å². The Morgan fingerprint density at radius 3 is 1.69 bits per heavy atom. The van der Waals surface area contributed by atoms with E-state index in [1.807, 2.05) is 12.3 Å². The number of hydrogen-bond acceptors (Lipinski definition) is 2. The van der Waals surface area contributed by atoms with Crippen LogP contribution in [0.15, 0.2) is 85.1 Å². The van der Waals surface area contributed by atoms with Crippen molar-refractivity contribution in [2.45, 2.75) is 11.8 Å². The minimum atomic E-state index is 0.230. The van der Waals surface area contributed by atoms with E-state index in [-0.39, 0.29) is 11.8 Å². The van der Waals surface area contributed by atoms with Gasteiger partial charge in [0.2, 0.25) is 0 Å². The van der Waals surface area contributed by atoms with Crippen molar-refractivity contribution in [1.82, 2.24) is 10.2 Å². The molecule has 0 fully saturated rings. The highest BCUT2D eigenvalue weighted by Crippen LogP contribution is 2.56. The molecule has 2 heteroatoms. The first-order chi connectivity index (χ1) is 12.9. The molecular weight excluding hydrogens is 316 g/mol. The van der Waals surface area contributed by atoms with E-state index in [1.54, 1.807) is 0 Å². The summed E-state index contributed by atoms with van der Waals surface area (Å²) >= 11 is 0. The minimum Gasteiger partial charge on any atom is -0.158 e. The monoisotopic (exact) mass is 332 g/mol. The van der Waals surface area contributed by atoms with Gasteiger partial charge in [0.25, 0.3) is 0 Å². The second kappa shape index (κ2) is 5.12. The number of aromatic nitrogens is 2. The normalized spacial score (nSPS) is 18.8. The Morgan fingerprint density at radius 1 is 0.538 bits per heavy atom. The Labute approximate surface area is 152 Å². The van der Waals surface area contributed by atoms with Crippen LogP contribution in [0.3, 0.4) is 0 Å². The molecular formula is C24H16N2. The van der Waals surface area contributed by atoms with E-state index in [9.17, 15) is 0 Å². The number of hydrogen-bond donors (Lipinski definition) is 0. The molecule has 0 saturated heterocycles. The Kier molecular flexibility index (Phi) is 2.75. The van der Waals surface area contributed by atoms with Gasteiger partial charge in [-0.3, -0.25) is 0 Å². The Morgan fingerprint density at radius 2 is 1.08 bits per heavy atom. The highest BCUT2D eigenvalue weighted by molar-refractivity contribution is 5.75. The molecule has 7 rings (SSSR count). The van der Waals surface area contributed by atoms with Crippen LogP contribution in [0.1, 0.15) is 45.2 Å². The van der Waals surface area contributed by atoms with Gasteiger partial charge in [-0.05, 0) is 33.4 Å². The van der Waals surface area contributed by atoms with Gasteiger partial charge in [-0.25, -0.2) is 0 Å². The van der Waals surface area contributed by atoms with Gasteiger partial charge in [0, 0.05) is 17.4 Å². The molecule has 3 aliphatic rings. The Hall–Kier alpha value is -3.26. The van der Waals surface area contributed by atoms with Gasteiger partial charge in [-0.2, -0.15) is 10.2 Å². The molecule has 0 N–H and O–H groups in total. The summed E-state index contributed by atoms with van der Waals surface area (Å²) in [7, 11) is 0. The molecule has 0 radical (unpaired) electrons. The van der Waals surface area contributed by atoms with Gasteiger partial charge < -0.3 is 0 Å². The predicted molar refractivity (Wildman–Crippen MR) is 102 cm³/mol. The summed E-state index contributed by atoms with van der Waals surface area (Å²) in [6.07, 6.45) is 1.98. The van der Waals surface area contributed by atoms with Crippen LogP contribution < -0.4 is 0 Å². The molecule has 3 aromatic carbocycles. The number of benzene rings is 3. The maximum Gasteiger partial charge on any atom is 0.0974 e. The van der Waals surface area contributed by atoms with Crippen molar-refractivity contribution in [2.75, 3.05) is 0 Å². The molecule has 1 heterocycles. The molecule has 0 unspecified atom stereocenters. The Balaban J connectivity index is 1.72. The van der Waals surface area contributed by atoms with Crippen LogP contribution in [0, 0.1) is 0 Å². The van der Waals surface area contributed by atoms with E-state index in [2.05, 4.69) is 83.0 Å². The summed E-state index contributed by atoms with van der Waals surface area (Å²) in [5, 5.41) is 8.97. The average molecular weight is 332 g/mol. The molecule has 0 spiro atoms. The van der Waals surface area contributed by atoms with E-state index in [1.165, 1.54) is 33.4 Å². The van der Waals surface area contributed by atoms with Gasteiger partial charge in [0.05, 0.1) is 11.9 Å². The van der Waals surface area contributed by atoms with Gasteiger partial charge >= 0.3 is 0 Å². The Bertz CT molecular complexity index is 1100. The third kappa shape index (κ3) is 1.71. The molecule has 2 nitrogen and oxygen atoms in total. The fourth-order valence-electron chi connectivity index (χ4n) is 4.81. The zero-order valence-corrected chi connectivity index (χ0v) is 14.1. The SMILES string of the molecule is c1ccc(-c2nncc3c2C2c4ccccc4C3c3ccccc32)cc1. The third-order valence-electron chi connectivity index (χ3n) is 5.80. The average Bonchev–Trinajstić information content (AvgIpc) is 2.73. The fourth-order valence-corrected chi connectivity index (χ4v) is 4.81. The lowest BCUT2D eigenvalue weighted by Crippen LogP contribution is -2.28. The smallest absolute Gasteiger partial charge is 0.0974 e. The first kappa shape index (κ1) is 14.0. The van der Waals surface area contributed by atoms with E-state index in [4.69, 9.17) is 0 Å². The summed E-state index contributed by atoms with van der Waals surface area (Å²) in [6, 6.07) is 28.1. The van der Waals surface area contributed by atoms with Crippen molar-refractivity contribution in [3.8, 4) is 11.3 Å². The van der Waals surface area contributed by atoms with Crippen molar-refractivity contribution in [3.05, 3.63) is 118 Å². The lowest BCUT2D eigenvalue weighted by atomic mass is 9.61. The van der Waals surface area contributed by atoms with Crippen molar-refractivity contribution in [3.63, 3.8) is 0 Å². The topological polar surface area (TPSA) is 25.8 Å². The zero-order valence-electron chi connectivity index (χ0n) is 14.1. The van der Waals surface area contributed by atoms with Gasteiger partial charge in [-0.1, -0.05) is 78.9 Å². The first-order valence-corrected chi connectivity index (χ1v) is 9.02. The van der Waals surface area contributed by atoms with Crippen LogP contribution in [0.5, 0.6) is 0 Å². The highest BCUT2D eigenvalue weighted by atomic mass is 15.1. The van der Waals surface area contributed by atoms with Crippen molar-refractivity contribution >= 4 is 0 Å². The quantitative estimate of drug-likeness (QED) is 0.417. The number of nitrogens with zero attached hydrogens (tertiary/aromatic N) is 2. The zero-order chi connectivity index (χ0) is 17.1. The van der Waals surface area contributed by atoms with Crippen LogP contribution in [0.25, 0.3) is 11.3 Å². The molecule has 3 aliphatic carbocycles. The summed E-state index contributed by atoms with van der Waals surface area (Å²) in [6.45, 7) is 0. The molecule has 122 valence electrons. The lowest BCUT2D eigenvalue weighted by Gasteiger charge is -2.42. The van der Waals surface area contributed by atoms with Crippen LogP contribution in [0.4, 0.5) is 0 Å². The highest BCUT2D eigenvalue weighted by Gasteiger charge is 2.42. The molecule has 26 heavy (non-hydrogen) atoms. The molecule has 2 bridgehead atoms.